The van der Waals surface area contributed by atoms with Crippen molar-refractivity contribution in [3.05, 3.63) is 54.6 Å². The molecule has 2 rings (SSSR count). The van der Waals surface area contributed by atoms with Crippen LogP contribution in [0.4, 0.5) is 0 Å². The van der Waals surface area contributed by atoms with E-state index in [2.05, 4.69) is 87.3 Å². The van der Waals surface area contributed by atoms with E-state index in [1.54, 1.807) is 0 Å². The molecule has 1 nitrogen and oxygen atoms in total. The third-order valence-electron chi connectivity index (χ3n) is 3.25. The van der Waals surface area contributed by atoms with Crippen LogP contribution in [0.1, 0.15) is 0 Å². The highest BCUT2D eigenvalue weighted by atomic mass is 28.4. The largest absolute Gasteiger partial charge is 0.452 e. The minimum absolute atomic E-state index is 1.27. The van der Waals surface area contributed by atoms with Gasteiger partial charge in [0.1, 0.15) is 0 Å². The van der Waals surface area contributed by atoms with Crippen molar-refractivity contribution in [3.63, 3.8) is 0 Å². The normalized spacial score (nSPS) is 12.4. The number of hydrogen-bond donors (Lipinski definition) is 0. The first-order chi connectivity index (χ1) is 9.28. The van der Waals surface area contributed by atoms with Gasteiger partial charge in [0, 0.05) is 0 Å². The molecule has 0 heterocycles. The van der Waals surface area contributed by atoms with Crippen molar-refractivity contribution >= 4 is 21.8 Å². The second kappa shape index (κ2) is 5.68. The Kier molecular flexibility index (Phi) is 4.32. The average molecular weight is 301 g/mol. The highest BCUT2D eigenvalue weighted by Gasteiger charge is 2.31. The van der Waals surface area contributed by atoms with Gasteiger partial charge in [-0.15, -0.1) is 0 Å². The third kappa shape index (κ3) is 3.91. The van der Waals surface area contributed by atoms with Gasteiger partial charge in [0.15, 0.2) is 8.32 Å². The van der Waals surface area contributed by atoms with Gasteiger partial charge < -0.3 is 4.12 Å². The number of benzene rings is 2. The van der Waals surface area contributed by atoms with Crippen LogP contribution >= 0.6 is 0 Å². The maximum atomic E-state index is 6.43. The molecule has 2 aromatic rings. The van der Waals surface area contributed by atoms with Crippen LogP contribution in [0.2, 0.25) is 32.7 Å². The second-order valence-electron chi connectivity index (χ2n) is 6.67. The maximum Gasteiger partial charge on any atom is 0.205 e. The number of rotatable bonds is 4. The molecule has 0 aromatic heterocycles. The molecule has 0 bridgehead atoms. The van der Waals surface area contributed by atoms with E-state index in [1.165, 1.54) is 16.3 Å². The van der Waals surface area contributed by atoms with Crippen LogP contribution in [0.15, 0.2) is 54.6 Å². The van der Waals surface area contributed by atoms with Crippen LogP contribution in [0.25, 0.3) is 11.1 Å². The lowest BCUT2D eigenvalue weighted by molar-refractivity contribution is 0.566. The molecule has 0 radical (unpaired) electrons. The summed E-state index contributed by atoms with van der Waals surface area (Å²) in [6, 6.07) is 19.4. The molecule has 0 N–H and O–H groups in total. The standard InChI is InChI=1S/C17H24OSi2/c1-19(2,3)18-20(4,5)17-13-11-16(12-14-17)15-9-7-6-8-10-15/h6-14H,1-5H3. The van der Waals surface area contributed by atoms with Crippen molar-refractivity contribution in [3.8, 4) is 11.1 Å². The monoisotopic (exact) mass is 300 g/mol. The molecule has 0 amide bonds. The molecule has 0 spiro atoms. The molecular formula is C17H24OSi2. The molecule has 2 aromatic carbocycles. The highest BCUT2D eigenvalue weighted by Crippen LogP contribution is 2.19. The molecule has 106 valence electrons. The molecule has 0 aliphatic rings. The Morgan fingerprint density at radius 2 is 1.15 bits per heavy atom. The van der Waals surface area contributed by atoms with E-state index in [0.717, 1.165) is 0 Å². The third-order valence-corrected chi connectivity index (χ3v) is 9.46. The van der Waals surface area contributed by atoms with Gasteiger partial charge in [0.05, 0.1) is 0 Å². The van der Waals surface area contributed by atoms with E-state index in [0.29, 0.717) is 0 Å². The van der Waals surface area contributed by atoms with E-state index >= 15 is 0 Å². The van der Waals surface area contributed by atoms with Gasteiger partial charge in [-0.2, -0.15) is 0 Å². The molecule has 0 aliphatic carbocycles. The predicted molar refractivity (Wildman–Crippen MR) is 93.4 cm³/mol. The minimum atomic E-state index is -1.78. The van der Waals surface area contributed by atoms with Crippen LogP contribution in [0.5, 0.6) is 0 Å². The SMILES string of the molecule is C[Si](C)(C)O[Si](C)(C)c1ccc(-c2ccccc2)cc1. The number of hydrogen-bond acceptors (Lipinski definition) is 1. The van der Waals surface area contributed by atoms with Crippen molar-refractivity contribution in [1.82, 2.24) is 0 Å². The minimum Gasteiger partial charge on any atom is -0.452 e. The molecule has 0 saturated heterocycles. The van der Waals surface area contributed by atoms with Gasteiger partial charge in [-0.1, -0.05) is 54.6 Å². The van der Waals surface area contributed by atoms with E-state index in [4.69, 9.17) is 4.12 Å². The smallest absolute Gasteiger partial charge is 0.205 e. The topological polar surface area (TPSA) is 9.23 Å². The summed E-state index contributed by atoms with van der Waals surface area (Å²) in [6.45, 7) is 11.4. The Bertz CT molecular complexity index is 554. The summed E-state index contributed by atoms with van der Waals surface area (Å²) in [7, 11) is -3.27. The zero-order valence-electron chi connectivity index (χ0n) is 13.1. The first-order valence-corrected chi connectivity index (χ1v) is 13.5. The van der Waals surface area contributed by atoms with Crippen LogP contribution in [0, 0.1) is 0 Å². The van der Waals surface area contributed by atoms with Crippen molar-refractivity contribution < 1.29 is 4.12 Å². The quantitative estimate of drug-likeness (QED) is 0.749. The zero-order valence-corrected chi connectivity index (χ0v) is 15.1. The highest BCUT2D eigenvalue weighted by molar-refractivity contribution is 6.92. The fourth-order valence-corrected chi connectivity index (χ4v) is 10.1. The summed E-state index contributed by atoms with van der Waals surface area (Å²) in [5, 5.41) is 1.37. The van der Waals surface area contributed by atoms with E-state index < -0.39 is 16.6 Å². The predicted octanol–water partition coefficient (Wildman–Crippen LogP) is 4.62. The summed E-state index contributed by atoms with van der Waals surface area (Å²) in [5.74, 6) is 0. The lowest BCUT2D eigenvalue weighted by Gasteiger charge is -2.31. The van der Waals surface area contributed by atoms with E-state index in [9.17, 15) is 0 Å². The summed E-state index contributed by atoms with van der Waals surface area (Å²) >= 11 is 0. The van der Waals surface area contributed by atoms with Crippen LogP contribution in [-0.4, -0.2) is 16.6 Å². The molecule has 0 fully saturated rings. The molecule has 0 atom stereocenters. The average Bonchev–Trinajstić information content (AvgIpc) is 2.37. The van der Waals surface area contributed by atoms with E-state index in [1.807, 2.05) is 0 Å². The van der Waals surface area contributed by atoms with Crippen LogP contribution in [0.3, 0.4) is 0 Å². The van der Waals surface area contributed by atoms with Gasteiger partial charge in [0.25, 0.3) is 0 Å². The molecule has 3 heteroatoms. The van der Waals surface area contributed by atoms with Crippen molar-refractivity contribution in [2.24, 2.45) is 0 Å². The van der Waals surface area contributed by atoms with Crippen LogP contribution < -0.4 is 5.19 Å². The fourth-order valence-electron chi connectivity index (χ4n) is 2.52. The first kappa shape index (κ1) is 15.2. The molecule has 0 aliphatic heterocycles. The van der Waals surface area contributed by atoms with Gasteiger partial charge in [0.2, 0.25) is 8.32 Å². The van der Waals surface area contributed by atoms with Crippen molar-refractivity contribution in [2.45, 2.75) is 32.7 Å². The first-order valence-electron chi connectivity index (χ1n) is 7.14. The Hall–Kier alpha value is -1.17. The molecular weight excluding hydrogens is 276 g/mol. The van der Waals surface area contributed by atoms with Gasteiger partial charge >= 0.3 is 0 Å². The molecule has 0 unspecified atom stereocenters. The Morgan fingerprint density at radius 1 is 0.650 bits per heavy atom. The molecule has 20 heavy (non-hydrogen) atoms. The Labute approximate surface area is 124 Å². The van der Waals surface area contributed by atoms with Gasteiger partial charge in [-0.3, -0.25) is 0 Å². The van der Waals surface area contributed by atoms with Gasteiger partial charge in [-0.05, 0) is 49.0 Å². The fraction of sp³-hybridized carbons (Fsp3) is 0.294. The van der Waals surface area contributed by atoms with Crippen molar-refractivity contribution in [1.29, 1.82) is 0 Å². The van der Waals surface area contributed by atoms with E-state index in [-0.39, 0.29) is 0 Å². The van der Waals surface area contributed by atoms with Crippen LogP contribution in [-0.2, 0) is 4.12 Å². The lowest BCUT2D eigenvalue weighted by Crippen LogP contribution is -2.51. The Balaban J connectivity index is 2.24. The Morgan fingerprint density at radius 3 is 1.65 bits per heavy atom. The second-order valence-corrected chi connectivity index (χ2v) is 15.3. The van der Waals surface area contributed by atoms with Gasteiger partial charge in [-0.25, -0.2) is 0 Å². The summed E-state index contributed by atoms with van der Waals surface area (Å²) in [4.78, 5) is 0. The lowest BCUT2D eigenvalue weighted by atomic mass is 10.1. The summed E-state index contributed by atoms with van der Waals surface area (Å²) < 4.78 is 6.43. The van der Waals surface area contributed by atoms with Crippen molar-refractivity contribution in [2.75, 3.05) is 0 Å². The summed E-state index contributed by atoms with van der Waals surface area (Å²) in [5.41, 5.74) is 2.54. The summed E-state index contributed by atoms with van der Waals surface area (Å²) in [6.07, 6.45) is 0. The molecule has 0 saturated carbocycles. The zero-order chi connectivity index (χ0) is 14.8. The maximum absolute atomic E-state index is 6.43.